The highest BCUT2D eigenvalue weighted by Crippen LogP contribution is 2.25. The molecule has 0 unspecified atom stereocenters. The van der Waals surface area contributed by atoms with Crippen LogP contribution in [0.2, 0.25) is 0 Å². The summed E-state index contributed by atoms with van der Waals surface area (Å²) in [4.78, 5) is 13.4. The zero-order valence-corrected chi connectivity index (χ0v) is 15.1. The van der Waals surface area contributed by atoms with Gasteiger partial charge in [0.15, 0.2) is 11.5 Å². The summed E-state index contributed by atoms with van der Waals surface area (Å²) in [7, 11) is 0. The molecule has 3 aromatic heterocycles. The van der Waals surface area contributed by atoms with Gasteiger partial charge in [0.25, 0.3) is 5.91 Å². The number of carbonyl (C=O) groups is 1. The van der Waals surface area contributed by atoms with Gasteiger partial charge in [-0.3, -0.25) is 4.79 Å². The van der Waals surface area contributed by atoms with Crippen LogP contribution in [0.25, 0.3) is 16.3 Å². The lowest BCUT2D eigenvalue weighted by Gasteiger charge is -2.08. The molecule has 4 aromatic rings. The quantitative estimate of drug-likeness (QED) is 0.580. The van der Waals surface area contributed by atoms with Crippen molar-refractivity contribution < 1.29 is 9.32 Å². The first-order chi connectivity index (χ1) is 12.6. The Morgan fingerprint density at radius 3 is 2.77 bits per heavy atom. The molecule has 130 valence electrons. The number of nitrogens with zero attached hydrogens (tertiary/aromatic N) is 3. The van der Waals surface area contributed by atoms with Gasteiger partial charge >= 0.3 is 0 Å². The molecule has 1 aromatic carbocycles. The highest BCUT2D eigenvalue weighted by molar-refractivity contribution is 7.13. The molecule has 1 N–H and O–H groups in total. The van der Waals surface area contributed by atoms with Crippen LogP contribution in [0.3, 0.4) is 0 Å². The predicted molar refractivity (Wildman–Crippen MR) is 101 cm³/mol. The van der Waals surface area contributed by atoms with Crippen molar-refractivity contribution in [1.82, 2.24) is 14.9 Å². The van der Waals surface area contributed by atoms with Gasteiger partial charge in [-0.15, -0.1) is 11.3 Å². The molecule has 6 nitrogen and oxygen atoms in total. The Morgan fingerprint density at radius 2 is 2.04 bits per heavy atom. The summed E-state index contributed by atoms with van der Waals surface area (Å²) in [5.74, 6) is 0.267. The molecule has 0 bridgehead atoms. The fourth-order valence-electron chi connectivity index (χ4n) is 2.72. The number of aryl methyl sites for hydroxylation is 2. The van der Waals surface area contributed by atoms with E-state index < -0.39 is 0 Å². The van der Waals surface area contributed by atoms with Gasteiger partial charge in [0.1, 0.15) is 0 Å². The van der Waals surface area contributed by atoms with Gasteiger partial charge in [-0.25, -0.2) is 4.68 Å². The molecular weight excluding hydrogens is 348 g/mol. The van der Waals surface area contributed by atoms with Gasteiger partial charge < -0.3 is 9.84 Å². The number of anilines is 1. The van der Waals surface area contributed by atoms with E-state index in [1.54, 1.807) is 6.07 Å². The van der Waals surface area contributed by atoms with Crippen molar-refractivity contribution in [3.05, 3.63) is 71.0 Å². The summed E-state index contributed by atoms with van der Waals surface area (Å²) in [6, 6.07) is 15.0. The molecule has 0 saturated carbocycles. The second-order valence-electron chi connectivity index (χ2n) is 5.90. The third-order valence-corrected chi connectivity index (χ3v) is 4.75. The molecule has 1 amide bonds. The number of benzene rings is 1. The molecule has 0 atom stereocenters. The molecule has 0 radical (unpaired) electrons. The standard InChI is InChI=1S/C19H16N4O2S/c1-12-9-13(2)23(21-12)15-6-3-5-14(10-15)20-19(24)16-11-17(25-22-16)18-7-4-8-26-18/h3-11H,1-2H3,(H,20,24). The van der Waals surface area contributed by atoms with Crippen molar-refractivity contribution in [2.45, 2.75) is 13.8 Å². The highest BCUT2D eigenvalue weighted by atomic mass is 32.1. The molecule has 4 rings (SSSR count). The smallest absolute Gasteiger partial charge is 0.277 e. The Hall–Kier alpha value is -3.19. The molecule has 7 heteroatoms. The number of rotatable bonds is 4. The van der Waals surface area contributed by atoms with Crippen LogP contribution in [0, 0.1) is 13.8 Å². The third kappa shape index (κ3) is 3.16. The van der Waals surface area contributed by atoms with Crippen molar-refractivity contribution in [3.8, 4) is 16.3 Å². The Kier molecular flexibility index (Phi) is 4.14. The topological polar surface area (TPSA) is 73.0 Å². The summed E-state index contributed by atoms with van der Waals surface area (Å²) in [5, 5.41) is 13.1. The lowest BCUT2D eigenvalue weighted by molar-refractivity contribution is 0.101. The van der Waals surface area contributed by atoms with Crippen molar-refractivity contribution in [3.63, 3.8) is 0 Å². The van der Waals surface area contributed by atoms with E-state index in [9.17, 15) is 4.79 Å². The van der Waals surface area contributed by atoms with E-state index in [0.717, 1.165) is 22.0 Å². The van der Waals surface area contributed by atoms with E-state index in [0.29, 0.717) is 11.4 Å². The minimum Gasteiger partial charge on any atom is -0.355 e. The second kappa shape index (κ2) is 6.61. The maximum atomic E-state index is 12.5. The molecule has 0 aliphatic carbocycles. The van der Waals surface area contributed by atoms with Gasteiger partial charge in [0, 0.05) is 17.4 Å². The van der Waals surface area contributed by atoms with Gasteiger partial charge in [0.2, 0.25) is 0 Å². The molecule has 26 heavy (non-hydrogen) atoms. The van der Waals surface area contributed by atoms with Gasteiger partial charge in [-0.2, -0.15) is 5.10 Å². The van der Waals surface area contributed by atoms with Gasteiger partial charge in [-0.05, 0) is 49.6 Å². The van der Waals surface area contributed by atoms with Crippen molar-refractivity contribution in [2.75, 3.05) is 5.32 Å². The summed E-state index contributed by atoms with van der Waals surface area (Å²) in [6.45, 7) is 3.94. The van der Waals surface area contributed by atoms with E-state index in [2.05, 4.69) is 15.6 Å². The third-order valence-electron chi connectivity index (χ3n) is 3.87. The Labute approximate surface area is 154 Å². The van der Waals surface area contributed by atoms with E-state index in [4.69, 9.17) is 4.52 Å². The number of thiophene rings is 1. The van der Waals surface area contributed by atoms with Crippen LogP contribution in [0.4, 0.5) is 5.69 Å². The zero-order valence-electron chi connectivity index (χ0n) is 14.3. The average molecular weight is 364 g/mol. The number of aromatic nitrogens is 3. The fraction of sp³-hybridized carbons (Fsp3) is 0.105. The van der Waals surface area contributed by atoms with Crippen LogP contribution in [-0.4, -0.2) is 20.8 Å². The minimum absolute atomic E-state index is 0.241. The van der Waals surface area contributed by atoms with Crippen LogP contribution in [-0.2, 0) is 0 Å². The summed E-state index contributed by atoms with van der Waals surface area (Å²) in [5.41, 5.74) is 3.77. The van der Waals surface area contributed by atoms with Crippen molar-refractivity contribution >= 4 is 22.9 Å². The first kappa shape index (κ1) is 16.3. The first-order valence-electron chi connectivity index (χ1n) is 8.06. The van der Waals surface area contributed by atoms with Crippen LogP contribution >= 0.6 is 11.3 Å². The molecule has 0 saturated heterocycles. The number of amides is 1. The van der Waals surface area contributed by atoms with Gasteiger partial charge in [-0.1, -0.05) is 17.3 Å². The zero-order chi connectivity index (χ0) is 18.1. The monoisotopic (exact) mass is 364 g/mol. The van der Waals surface area contributed by atoms with Crippen LogP contribution < -0.4 is 5.32 Å². The molecule has 0 aliphatic heterocycles. The Bertz CT molecular complexity index is 1060. The summed E-state index contributed by atoms with van der Waals surface area (Å²) >= 11 is 1.53. The first-order valence-corrected chi connectivity index (χ1v) is 8.94. The SMILES string of the molecule is Cc1cc(C)n(-c2cccc(NC(=O)c3cc(-c4cccs4)on3)c2)n1. The number of hydrogen-bond donors (Lipinski definition) is 1. The van der Waals surface area contributed by atoms with Gasteiger partial charge in [0.05, 0.1) is 16.3 Å². The maximum Gasteiger partial charge on any atom is 0.277 e. The molecule has 3 heterocycles. The molecule has 0 fully saturated rings. The van der Waals surface area contributed by atoms with E-state index in [1.165, 1.54) is 11.3 Å². The van der Waals surface area contributed by atoms with Crippen LogP contribution in [0.5, 0.6) is 0 Å². The average Bonchev–Trinajstić information content (AvgIpc) is 3.35. The fourth-order valence-corrected chi connectivity index (χ4v) is 3.39. The van der Waals surface area contributed by atoms with E-state index >= 15 is 0 Å². The van der Waals surface area contributed by atoms with E-state index in [1.807, 2.05) is 66.4 Å². The molecular formula is C19H16N4O2S. The highest BCUT2D eigenvalue weighted by Gasteiger charge is 2.15. The largest absolute Gasteiger partial charge is 0.355 e. The Balaban J connectivity index is 1.55. The van der Waals surface area contributed by atoms with Crippen LogP contribution in [0.1, 0.15) is 21.9 Å². The number of hydrogen-bond acceptors (Lipinski definition) is 5. The predicted octanol–water partition coefficient (Wildman–Crippen LogP) is 4.46. The number of carbonyl (C=O) groups excluding carboxylic acids is 1. The van der Waals surface area contributed by atoms with Crippen molar-refractivity contribution in [2.24, 2.45) is 0 Å². The van der Waals surface area contributed by atoms with Crippen LogP contribution in [0.15, 0.2) is 58.4 Å². The summed E-state index contributed by atoms with van der Waals surface area (Å²) in [6.07, 6.45) is 0. The van der Waals surface area contributed by atoms with E-state index in [-0.39, 0.29) is 11.6 Å². The summed E-state index contributed by atoms with van der Waals surface area (Å²) < 4.78 is 7.11. The maximum absolute atomic E-state index is 12.5. The molecule has 0 aliphatic rings. The lowest BCUT2D eigenvalue weighted by atomic mass is 10.2. The Morgan fingerprint density at radius 1 is 1.15 bits per heavy atom. The second-order valence-corrected chi connectivity index (χ2v) is 6.84. The number of nitrogens with one attached hydrogen (secondary N) is 1. The minimum atomic E-state index is -0.318. The lowest BCUT2D eigenvalue weighted by Crippen LogP contribution is -2.12. The molecule has 0 spiro atoms. The van der Waals surface area contributed by atoms with Crippen molar-refractivity contribution in [1.29, 1.82) is 0 Å². The normalized spacial score (nSPS) is 10.8.